The summed E-state index contributed by atoms with van der Waals surface area (Å²) in [6, 6.07) is 0. The third-order valence-corrected chi connectivity index (χ3v) is 3.66. The third-order valence-electron chi connectivity index (χ3n) is 2.04. The molecule has 6 heteroatoms. The Balaban J connectivity index is 2.87. The molecule has 0 saturated carbocycles. The Morgan fingerprint density at radius 1 is 0.882 bits per heavy atom. The molecule has 0 aromatic carbocycles. The fourth-order valence-corrected chi connectivity index (χ4v) is 2.31. The van der Waals surface area contributed by atoms with E-state index in [1.807, 2.05) is 0 Å². The van der Waals surface area contributed by atoms with E-state index in [0.717, 1.165) is 65.2 Å². The van der Waals surface area contributed by atoms with Gasteiger partial charge < -0.3 is 9.47 Å². The van der Waals surface area contributed by atoms with E-state index >= 15 is 0 Å². The summed E-state index contributed by atoms with van der Waals surface area (Å²) >= 11 is 2.14. The molecule has 0 spiro atoms. The van der Waals surface area contributed by atoms with Crippen LogP contribution >= 0.6 is 43.9 Å². The lowest BCUT2D eigenvalue weighted by atomic mass is 10.3. The van der Waals surface area contributed by atoms with Crippen molar-refractivity contribution in [2.75, 3.05) is 39.5 Å². The number of nitrogens with one attached hydrogen (secondary N) is 2. The summed E-state index contributed by atoms with van der Waals surface area (Å²) in [5.41, 5.74) is 0. The smallest absolute Gasteiger partial charge is 0.0478 e. The molecule has 0 amide bonds. The molecule has 0 saturated heterocycles. The Morgan fingerprint density at radius 3 is 1.94 bits per heavy atom. The fraction of sp³-hybridized carbons (Fsp3) is 0.909. The quantitative estimate of drug-likeness (QED) is 0.233. The second kappa shape index (κ2) is 17.2. The van der Waals surface area contributed by atoms with Gasteiger partial charge in [-0.3, -0.25) is 7.06 Å². The zero-order chi connectivity index (χ0) is 12.6. The Morgan fingerprint density at radius 2 is 1.41 bits per heavy atom. The van der Waals surface area contributed by atoms with Crippen molar-refractivity contribution in [1.29, 1.82) is 0 Å². The molecule has 0 fully saturated rings. The maximum atomic E-state index is 5.51. The van der Waals surface area contributed by atoms with Gasteiger partial charge in [0.25, 0.3) is 0 Å². The SMILES string of the molecule is C=INCCCOCCCCOCCCNI. The molecule has 17 heavy (non-hydrogen) atoms. The predicted octanol–water partition coefficient (Wildman–Crippen LogP) is 2.43. The molecule has 0 radical (unpaired) electrons. The van der Waals surface area contributed by atoms with Crippen LogP contribution in [-0.4, -0.2) is 44.0 Å². The number of hydrogen-bond donors (Lipinski definition) is 2. The topological polar surface area (TPSA) is 42.5 Å². The van der Waals surface area contributed by atoms with Gasteiger partial charge in [-0.05, 0) is 46.7 Å². The van der Waals surface area contributed by atoms with Gasteiger partial charge in [-0.25, -0.2) is 0 Å². The van der Waals surface area contributed by atoms with E-state index in [9.17, 15) is 0 Å². The van der Waals surface area contributed by atoms with Crippen LogP contribution < -0.4 is 7.06 Å². The van der Waals surface area contributed by atoms with Crippen molar-refractivity contribution in [2.24, 2.45) is 0 Å². The molecule has 2 N–H and O–H groups in total. The first-order valence-corrected chi connectivity index (χ1v) is 9.69. The summed E-state index contributed by atoms with van der Waals surface area (Å²) in [6.45, 7) is 5.50. The molecule has 0 bridgehead atoms. The van der Waals surface area contributed by atoms with Crippen molar-refractivity contribution < 1.29 is 9.47 Å². The highest BCUT2D eigenvalue weighted by atomic mass is 127. The lowest BCUT2D eigenvalue weighted by Gasteiger charge is -2.05. The van der Waals surface area contributed by atoms with Crippen molar-refractivity contribution in [3.05, 3.63) is 0 Å². The summed E-state index contributed by atoms with van der Waals surface area (Å²) in [6.07, 6.45) is 4.37. The monoisotopic (exact) mass is 470 g/mol. The van der Waals surface area contributed by atoms with Gasteiger partial charge in [-0.1, -0.05) is 4.51 Å². The summed E-state index contributed by atoms with van der Waals surface area (Å²) in [4.78, 5) is 0. The molecule has 0 heterocycles. The Kier molecular flexibility index (Phi) is 18.4. The molecular weight excluding hydrogens is 446 g/mol. The summed E-state index contributed by atoms with van der Waals surface area (Å²) in [5, 5.41) is 0. The third kappa shape index (κ3) is 17.2. The van der Waals surface area contributed by atoms with Crippen molar-refractivity contribution in [2.45, 2.75) is 25.7 Å². The highest BCUT2D eigenvalue weighted by Crippen LogP contribution is 1.94. The number of hydrogen-bond acceptors (Lipinski definition) is 4. The number of rotatable bonds is 14. The van der Waals surface area contributed by atoms with E-state index in [0.29, 0.717) is 0 Å². The van der Waals surface area contributed by atoms with E-state index in [2.05, 4.69) is 34.4 Å². The van der Waals surface area contributed by atoms with Gasteiger partial charge in [-0.2, -0.15) is 0 Å². The van der Waals surface area contributed by atoms with E-state index in [1.165, 1.54) is 0 Å². The Labute approximate surface area is 129 Å². The minimum atomic E-state index is -0.0111. The molecule has 104 valence electrons. The molecule has 0 aromatic rings. The molecule has 4 nitrogen and oxygen atoms in total. The fourth-order valence-electron chi connectivity index (χ4n) is 1.16. The van der Waals surface area contributed by atoms with Gasteiger partial charge in [-0.15, -0.1) is 0 Å². The average Bonchev–Trinajstić information content (AvgIpc) is 2.35. The average molecular weight is 470 g/mol. The molecule has 0 aliphatic rings. The molecule has 0 rings (SSSR count). The maximum Gasteiger partial charge on any atom is 0.0478 e. The standard InChI is InChI=1S/C11H24I2N2O2/c1-13-15-7-5-11-17-9-3-2-8-16-10-4-6-14-12/h14-15H,1-11H2. The number of ether oxygens (including phenoxy) is 2. The van der Waals surface area contributed by atoms with Gasteiger partial charge in [0.2, 0.25) is 0 Å². The van der Waals surface area contributed by atoms with Crippen LogP contribution in [0.5, 0.6) is 0 Å². The second-order valence-electron chi connectivity index (χ2n) is 3.54. The van der Waals surface area contributed by atoms with Crippen LogP contribution in [0.3, 0.4) is 0 Å². The summed E-state index contributed by atoms with van der Waals surface area (Å²) in [7, 11) is 0. The van der Waals surface area contributed by atoms with E-state index in [-0.39, 0.29) is 21.0 Å². The molecule has 0 atom stereocenters. The molecule has 0 unspecified atom stereocenters. The molecule has 0 aromatic heterocycles. The lowest BCUT2D eigenvalue weighted by molar-refractivity contribution is 0.102. The maximum absolute atomic E-state index is 5.51. The molecule has 0 aliphatic carbocycles. The van der Waals surface area contributed by atoms with Gasteiger partial charge in [0, 0.05) is 62.4 Å². The molecular formula is C11H24I2N2O2. The largest absolute Gasteiger partial charge is 0.381 e. The Bertz CT molecular complexity index is 162. The Hall–Kier alpha value is 1.17. The zero-order valence-corrected chi connectivity index (χ0v) is 14.7. The van der Waals surface area contributed by atoms with E-state index in [4.69, 9.17) is 9.47 Å². The van der Waals surface area contributed by atoms with Crippen LogP contribution in [0.15, 0.2) is 0 Å². The first-order chi connectivity index (χ1) is 8.41. The number of unbranched alkanes of at least 4 members (excludes halogenated alkanes) is 1. The van der Waals surface area contributed by atoms with Crippen LogP contribution in [0, 0.1) is 0 Å². The minimum Gasteiger partial charge on any atom is -0.381 e. The van der Waals surface area contributed by atoms with Crippen molar-refractivity contribution >= 4 is 48.4 Å². The zero-order valence-electron chi connectivity index (χ0n) is 10.4. The predicted molar refractivity (Wildman–Crippen MR) is 91.3 cm³/mol. The van der Waals surface area contributed by atoms with Crippen LogP contribution in [0.4, 0.5) is 0 Å². The van der Waals surface area contributed by atoms with Gasteiger partial charge in [0.15, 0.2) is 0 Å². The van der Waals surface area contributed by atoms with E-state index in [1.54, 1.807) is 0 Å². The van der Waals surface area contributed by atoms with Crippen LogP contribution in [0.2, 0.25) is 0 Å². The van der Waals surface area contributed by atoms with E-state index < -0.39 is 0 Å². The van der Waals surface area contributed by atoms with Crippen LogP contribution in [0.25, 0.3) is 0 Å². The van der Waals surface area contributed by atoms with Gasteiger partial charge in [0.1, 0.15) is 0 Å². The highest BCUT2D eigenvalue weighted by molar-refractivity contribution is 14.2. The van der Waals surface area contributed by atoms with Crippen LogP contribution in [-0.2, 0) is 9.47 Å². The highest BCUT2D eigenvalue weighted by Gasteiger charge is 1.92. The number of halogens is 2. The van der Waals surface area contributed by atoms with Crippen molar-refractivity contribution in [3.8, 4) is 0 Å². The lowest BCUT2D eigenvalue weighted by Crippen LogP contribution is -2.07. The van der Waals surface area contributed by atoms with Gasteiger partial charge >= 0.3 is 0 Å². The second-order valence-corrected chi connectivity index (χ2v) is 5.83. The summed E-state index contributed by atoms with van der Waals surface area (Å²) in [5.74, 6) is 0. The minimum absolute atomic E-state index is 0.0111. The van der Waals surface area contributed by atoms with Crippen molar-refractivity contribution in [3.63, 3.8) is 0 Å². The summed E-state index contributed by atoms with van der Waals surface area (Å²) < 4.78 is 21.2. The van der Waals surface area contributed by atoms with Gasteiger partial charge in [0.05, 0.1) is 0 Å². The van der Waals surface area contributed by atoms with Crippen molar-refractivity contribution in [1.82, 2.24) is 7.06 Å². The van der Waals surface area contributed by atoms with Crippen LogP contribution in [0.1, 0.15) is 25.7 Å². The normalized spacial score (nSPS) is 10.9. The first-order valence-electron chi connectivity index (χ1n) is 6.01. The first kappa shape index (κ1) is 18.2. The molecule has 0 aliphatic heterocycles.